The van der Waals surface area contributed by atoms with Crippen LogP contribution in [-0.4, -0.2) is 24.5 Å². The number of allylic oxidation sites excluding steroid dienone is 1. The molecular formula is C29H27N3O6. The third kappa shape index (κ3) is 7.21. The number of nitro benzene ring substituents is 1. The van der Waals surface area contributed by atoms with Gasteiger partial charge < -0.3 is 19.5 Å². The first-order chi connectivity index (χ1) is 18.4. The van der Waals surface area contributed by atoms with Gasteiger partial charge in [0.2, 0.25) is 0 Å². The number of amides is 1. The first-order valence-corrected chi connectivity index (χ1v) is 11.7. The van der Waals surface area contributed by atoms with Crippen LogP contribution in [-0.2, 0) is 17.8 Å². The maximum absolute atomic E-state index is 12.8. The van der Waals surface area contributed by atoms with Crippen LogP contribution in [0.5, 0.6) is 17.2 Å². The van der Waals surface area contributed by atoms with Gasteiger partial charge in [-0.15, -0.1) is 6.58 Å². The van der Waals surface area contributed by atoms with Gasteiger partial charge in [-0.1, -0.05) is 6.08 Å². The molecule has 3 rings (SSSR count). The van der Waals surface area contributed by atoms with Crippen molar-refractivity contribution in [2.75, 3.05) is 19.0 Å². The second kappa shape index (κ2) is 13.3. The van der Waals surface area contributed by atoms with Gasteiger partial charge in [-0.3, -0.25) is 14.9 Å². The summed E-state index contributed by atoms with van der Waals surface area (Å²) in [5.74, 6) is 1.02. The third-order valence-electron chi connectivity index (χ3n) is 5.37. The highest BCUT2D eigenvalue weighted by Gasteiger charge is 2.16. The number of nitro groups is 1. The molecule has 0 aliphatic heterocycles. The van der Waals surface area contributed by atoms with Crippen molar-refractivity contribution in [2.24, 2.45) is 0 Å². The summed E-state index contributed by atoms with van der Waals surface area (Å²) >= 11 is 0. The number of methoxy groups -OCH3 is 1. The monoisotopic (exact) mass is 513 g/mol. The van der Waals surface area contributed by atoms with Gasteiger partial charge in [-0.25, -0.2) is 0 Å². The Hall–Kier alpha value is -5.10. The van der Waals surface area contributed by atoms with Crippen molar-refractivity contribution in [3.05, 3.63) is 106 Å². The number of non-ortho nitro benzene ring substituents is 1. The van der Waals surface area contributed by atoms with E-state index in [2.05, 4.69) is 11.9 Å². The number of hydrogen-bond acceptors (Lipinski definition) is 7. The van der Waals surface area contributed by atoms with Crippen LogP contribution in [0.3, 0.4) is 0 Å². The van der Waals surface area contributed by atoms with E-state index in [9.17, 15) is 20.2 Å². The number of carbonyl (C=O) groups excluding carboxylic acids is 1. The zero-order chi connectivity index (χ0) is 27.5. The number of rotatable bonds is 12. The first-order valence-electron chi connectivity index (χ1n) is 11.7. The Labute approximate surface area is 220 Å². The van der Waals surface area contributed by atoms with Crippen LogP contribution in [0.15, 0.2) is 78.9 Å². The normalized spacial score (nSPS) is 10.7. The summed E-state index contributed by atoms with van der Waals surface area (Å²) in [5.41, 5.74) is 2.49. The van der Waals surface area contributed by atoms with E-state index in [-0.39, 0.29) is 17.9 Å². The fourth-order valence-corrected chi connectivity index (χ4v) is 3.56. The van der Waals surface area contributed by atoms with Crippen molar-refractivity contribution in [3.8, 4) is 23.3 Å². The summed E-state index contributed by atoms with van der Waals surface area (Å²) in [7, 11) is 1.55. The molecular weight excluding hydrogens is 486 g/mol. The minimum Gasteiger partial charge on any atom is -0.497 e. The Morgan fingerprint density at radius 3 is 2.42 bits per heavy atom. The molecule has 1 amide bonds. The fourth-order valence-electron chi connectivity index (χ4n) is 3.56. The van der Waals surface area contributed by atoms with Gasteiger partial charge in [-0.2, -0.15) is 5.26 Å². The standard InChI is InChI=1S/C29H27N3O6/c1-4-6-22-15-21(16-23(18-30)29(33)31-24-9-13-26(36-3)14-10-24)17-27(37-5-2)28(22)38-19-20-7-11-25(12-8-20)32(34)35/h4,7-17H,1,5-6,19H2,2-3H3,(H,31,33)/b23-16+. The molecule has 0 spiro atoms. The van der Waals surface area contributed by atoms with E-state index in [1.165, 1.54) is 18.2 Å². The molecule has 9 heteroatoms. The average Bonchev–Trinajstić information content (AvgIpc) is 2.92. The van der Waals surface area contributed by atoms with Crippen LogP contribution < -0.4 is 19.5 Å². The van der Waals surface area contributed by atoms with Gasteiger partial charge in [0, 0.05) is 23.4 Å². The molecule has 0 saturated carbocycles. The number of nitrogens with one attached hydrogen (secondary N) is 1. The smallest absolute Gasteiger partial charge is 0.269 e. The average molecular weight is 514 g/mol. The van der Waals surface area contributed by atoms with Gasteiger partial charge in [-0.05, 0) is 79.1 Å². The Morgan fingerprint density at radius 1 is 1.13 bits per heavy atom. The van der Waals surface area contributed by atoms with E-state index >= 15 is 0 Å². The zero-order valence-corrected chi connectivity index (χ0v) is 21.1. The van der Waals surface area contributed by atoms with Crippen molar-refractivity contribution < 1.29 is 23.9 Å². The van der Waals surface area contributed by atoms with Crippen molar-refractivity contribution >= 4 is 23.4 Å². The molecule has 0 heterocycles. The lowest BCUT2D eigenvalue weighted by atomic mass is 10.0. The van der Waals surface area contributed by atoms with Gasteiger partial charge in [0.05, 0.1) is 18.6 Å². The van der Waals surface area contributed by atoms with Gasteiger partial charge in [0.1, 0.15) is 24.0 Å². The van der Waals surface area contributed by atoms with Crippen LogP contribution in [0, 0.1) is 21.4 Å². The summed E-state index contributed by atoms with van der Waals surface area (Å²) < 4.78 is 17.0. The highest BCUT2D eigenvalue weighted by atomic mass is 16.6. The Morgan fingerprint density at radius 2 is 1.84 bits per heavy atom. The van der Waals surface area contributed by atoms with Crippen molar-refractivity contribution in [1.82, 2.24) is 0 Å². The summed E-state index contributed by atoms with van der Waals surface area (Å²) in [6, 6.07) is 18.3. The molecule has 1 N–H and O–H groups in total. The van der Waals surface area contributed by atoms with E-state index in [1.54, 1.807) is 61.7 Å². The maximum atomic E-state index is 12.8. The molecule has 9 nitrogen and oxygen atoms in total. The lowest BCUT2D eigenvalue weighted by Gasteiger charge is -2.17. The van der Waals surface area contributed by atoms with Crippen molar-refractivity contribution in [3.63, 3.8) is 0 Å². The number of benzene rings is 3. The molecule has 0 radical (unpaired) electrons. The Balaban J connectivity index is 1.88. The minimum absolute atomic E-state index is 0.00318. The number of carbonyl (C=O) groups is 1. The molecule has 194 valence electrons. The first kappa shape index (κ1) is 27.5. The third-order valence-corrected chi connectivity index (χ3v) is 5.37. The lowest BCUT2D eigenvalue weighted by molar-refractivity contribution is -0.384. The summed E-state index contributed by atoms with van der Waals surface area (Å²) in [6.07, 6.45) is 3.63. The SMILES string of the molecule is C=CCc1cc(/C=C(\C#N)C(=O)Nc2ccc(OC)cc2)cc(OCC)c1OCc1ccc([N+](=O)[O-])cc1. The molecule has 0 fully saturated rings. The molecule has 0 aromatic heterocycles. The molecule has 0 bridgehead atoms. The maximum Gasteiger partial charge on any atom is 0.269 e. The van der Waals surface area contributed by atoms with Crippen LogP contribution in [0.2, 0.25) is 0 Å². The number of nitriles is 1. The zero-order valence-electron chi connectivity index (χ0n) is 21.1. The summed E-state index contributed by atoms with van der Waals surface area (Å²) in [6.45, 7) is 6.16. The number of nitrogens with zero attached hydrogens (tertiary/aromatic N) is 2. The second-order valence-corrected chi connectivity index (χ2v) is 8.00. The number of anilines is 1. The summed E-state index contributed by atoms with van der Waals surface area (Å²) in [5, 5.41) is 23.3. The number of ether oxygens (including phenoxy) is 3. The van der Waals surface area contributed by atoms with Crippen molar-refractivity contribution in [1.29, 1.82) is 5.26 Å². The minimum atomic E-state index is -0.556. The van der Waals surface area contributed by atoms with Gasteiger partial charge in [0.15, 0.2) is 11.5 Å². The van der Waals surface area contributed by atoms with Crippen molar-refractivity contribution in [2.45, 2.75) is 20.0 Å². The molecule has 3 aromatic carbocycles. The highest BCUT2D eigenvalue weighted by Crippen LogP contribution is 2.35. The van der Waals surface area contributed by atoms with E-state index in [4.69, 9.17) is 14.2 Å². The molecule has 0 unspecified atom stereocenters. The molecule has 3 aromatic rings. The molecule has 0 saturated heterocycles. The lowest BCUT2D eigenvalue weighted by Crippen LogP contribution is -2.13. The number of hydrogen-bond donors (Lipinski definition) is 1. The van der Waals surface area contributed by atoms with Crippen LogP contribution in [0.4, 0.5) is 11.4 Å². The van der Waals surface area contributed by atoms with Crippen LogP contribution in [0.1, 0.15) is 23.6 Å². The largest absolute Gasteiger partial charge is 0.497 e. The second-order valence-electron chi connectivity index (χ2n) is 8.00. The molecule has 0 aliphatic carbocycles. The van der Waals surface area contributed by atoms with E-state index < -0.39 is 10.8 Å². The topological polar surface area (TPSA) is 124 Å². The Kier molecular flexibility index (Phi) is 9.60. The van der Waals surface area contributed by atoms with Gasteiger partial charge in [0.25, 0.3) is 11.6 Å². The van der Waals surface area contributed by atoms with Gasteiger partial charge >= 0.3 is 0 Å². The van der Waals surface area contributed by atoms with Crippen LogP contribution in [0.25, 0.3) is 6.08 Å². The van der Waals surface area contributed by atoms with Crippen LogP contribution >= 0.6 is 0 Å². The summed E-state index contributed by atoms with van der Waals surface area (Å²) in [4.78, 5) is 23.2. The van der Waals surface area contributed by atoms with E-state index in [1.807, 2.05) is 13.0 Å². The molecule has 0 atom stereocenters. The predicted molar refractivity (Wildman–Crippen MR) is 144 cm³/mol. The molecule has 0 aliphatic rings. The quantitative estimate of drug-likeness (QED) is 0.106. The Bertz CT molecular complexity index is 1370. The van der Waals surface area contributed by atoms with E-state index in [0.717, 1.165) is 11.1 Å². The fraction of sp³-hybridized carbons (Fsp3) is 0.172. The van der Waals surface area contributed by atoms with E-state index in [0.29, 0.717) is 41.5 Å². The highest BCUT2D eigenvalue weighted by molar-refractivity contribution is 6.09. The molecule has 38 heavy (non-hydrogen) atoms. The predicted octanol–water partition coefficient (Wildman–Crippen LogP) is 5.86.